The van der Waals surface area contributed by atoms with Crippen molar-refractivity contribution in [2.45, 2.75) is 25.9 Å². The van der Waals surface area contributed by atoms with Crippen LogP contribution in [-0.2, 0) is 24.3 Å². The number of carboxylic acids is 1. The fraction of sp³-hybridized carbons (Fsp3) is 0.267. The Labute approximate surface area is 242 Å². The van der Waals surface area contributed by atoms with E-state index in [1.54, 1.807) is 11.9 Å². The first-order valence-electron chi connectivity index (χ1n) is 12.8. The van der Waals surface area contributed by atoms with Gasteiger partial charge in [0, 0.05) is 45.2 Å². The maximum absolute atomic E-state index is 13.2. The molecule has 3 aromatic rings. The van der Waals surface area contributed by atoms with Gasteiger partial charge in [-0.3, -0.25) is 14.4 Å². The summed E-state index contributed by atoms with van der Waals surface area (Å²) in [5, 5.41) is 12.4. The molecule has 4 rings (SSSR count). The van der Waals surface area contributed by atoms with E-state index in [-0.39, 0.29) is 28.1 Å². The first kappa shape index (κ1) is 29.1. The van der Waals surface area contributed by atoms with Crippen molar-refractivity contribution >= 4 is 46.9 Å². The fourth-order valence-electron chi connectivity index (χ4n) is 4.67. The van der Waals surface area contributed by atoms with Gasteiger partial charge in [0.15, 0.2) is 5.78 Å². The number of rotatable bonds is 10. The molecule has 0 aliphatic carbocycles. The summed E-state index contributed by atoms with van der Waals surface area (Å²) < 4.78 is 0. The van der Waals surface area contributed by atoms with E-state index in [1.165, 1.54) is 11.0 Å². The van der Waals surface area contributed by atoms with Gasteiger partial charge in [0.2, 0.25) is 0 Å². The van der Waals surface area contributed by atoms with Gasteiger partial charge < -0.3 is 20.2 Å². The predicted molar refractivity (Wildman–Crippen MR) is 153 cm³/mol. The van der Waals surface area contributed by atoms with Crippen molar-refractivity contribution in [1.82, 2.24) is 15.1 Å². The number of halogens is 2. The summed E-state index contributed by atoms with van der Waals surface area (Å²) in [4.78, 5) is 54.0. The number of fused-ring (bicyclic) bond motifs is 1. The molecule has 0 saturated heterocycles. The van der Waals surface area contributed by atoms with Gasteiger partial charge in [-0.15, -0.1) is 0 Å². The van der Waals surface area contributed by atoms with Crippen LogP contribution in [0.5, 0.6) is 0 Å². The number of hydrogen-bond acceptors (Lipinski definition) is 4. The molecule has 0 bridgehead atoms. The smallest absolute Gasteiger partial charge is 0.317 e. The van der Waals surface area contributed by atoms with Crippen molar-refractivity contribution in [1.29, 1.82) is 0 Å². The summed E-state index contributed by atoms with van der Waals surface area (Å²) in [6.45, 7) is 0.925. The molecule has 8 nitrogen and oxygen atoms in total. The van der Waals surface area contributed by atoms with Crippen molar-refractivity contribution in [2.24, 2.45) is 5.92 Å². The van der Waals surface area contributed by atoms with Crippen molar-refractivity contribution < 1.29 is 24.3 Å². The lowest BCUT2D eigenvalue weighted by atomic mass is 9.92. The lowest BCUT2D eigenvalue weighted by Gasteiger charge is -2.30. The minimum atomic E-state index is -1.24. The number of benzene rings is 3. The minimum absolute atomic E-state index is 0.00911. The third kappa shape index (κ3) is 6.81. The standard InChI is InChI=1S/C30H29Cl2N3O5/c1-34(17-19-8-4-2-5-9-19)30(40)33-16-21(29(38)39)14-25(36)26-24(31)15-23-22(27(26)32)12-13-35(28(23)37)18-20-10-6-3-7-11-20/h2-11,15,21H,12-14,16-18H2,1H3,(H,33,40)(H,38,39)/t21-/m0/s1. The summed E-state index contributed by atoms with van der Waals surface area (Å²) in [6, 6.07) is 19.9. The highest BCUT2D eigenvalue weighted by molar-refractivity contribution is 6.41. The van der Waals surface area contributed by atoms with Crippen molar-refractivity contribution in [3.63, 3.8) is 0 Å². The van der Waals surface area contributed by atoms with Crippen LogP contribution in [0.3, 0.4) is 0 Å². The summed E-state index contributed by atoms with van der Waals surface area (Å²) >= 11 is 13.1. The lowest BCUT2D eigenvalue weighted by Crippen LogP contribution is -2.41. The molecule has 2 N–H and O–H groups in total. The Morgan fingerprint density at radius 3 is 2.27 bits per heavy atom. The highest BCUT2D eigenvalue weighted by Crippen LogP contribution is 2.36. The van der Waals surface area contributed by atoms with Crippen molar-refractivity contribution in [3.8, 4) is 0 Å². The van der Waals surface area contributed by atoms with Gasteiger partial charge in [-0.2, -0.15) is 0 Å². The molecular weight excluding hydrogens is 553 g/mol. The average molecular weight is 582 g/mol. The number of carbonyl (C=O) groups excluding carboxylic acids is 3. The molecule has 0 aromatic heterocycles. The largest absolute Gasteiger partial charge is 0.481 e. The fourth-order valence-corrected chi connectivity index (χ4v) is 5.43. The van der Waals surface area contributed by atoms with Gasteiger partial charge in [0.05, 0.1) is 21.5 Å². The average Bonchev–Trinajstić information content (AvgIpc) is 2.93. The molecule has 1 heterocycles. The lowest BCUT2D eigenvalue weighted by molar-refractivity contribution is -0.141. The van der Waals surface area contributed by atoms with Crippen molar-refractivity contribution in [2.75, 3.05) is 20.1 Å². The molecular formula is C30H29Cl2N3O5. The molecule has 208 valence electrons. The molecule has 0 saturated carbocycles. The Hall–Kier alpha value is -3.88. The number of urea groups is 1. The maximum atomic E-state index is 13.2. The molecule has 1 atom stereocenters. The zero-order chi connectivity index (χ0) is 28.8. The maximum Gasteiger partial charge on any atom is 0.317 e. The molecule has 10 heteroatoms. The number of carbonyl (C=O) groups is 4. The van der Waals surface area contributed by atoms with Crippen LogP contribution in [0.25, 0.3) is 0 Å². The first-order chi connectivity index (χ1) is 19.2. The Bertz CT molecular complexity index is 1420. The van der Waals surface area contributed by atoms with Gasteiger partial charge in [-0.1, -0.05) is 83.9 Å². The molecule has 40 heavy (non-hydrogen) atoms. The third-order valence-corrected chi connectivity index (χ3v) is 7.57. The number of hydrogen-bond donors (Lipinski definition) is 2. The summed E-state index contributed by atoms with van der Waals surface area (Å²) in [5.74, 6) is -3.25. The number of aliphatic carboxylic acids is 1. The second-order valence-electron chi connectivity index (χ2n) is 9.73. The molecule has 3 amide bonds. The SMILES string of the molecule is CN(Cc1ccccc1)C(=O)NC[C@H](CC(=O)c1c(Cl)cc2c(c1Cl)CCN(Cc1ccccc1)C2=O)C(=O)O. The van der Waals surface area contributed by atoms with Crippen LogP contribution >= 0.6 is 23.2 Å². The van der Waals surface area contributed by atoms with E-state index in [2.05, 4.69) is 5.32 Å². The quantitative estimate of drug-likeness (QED) is 0.316. The third-order valence-electron chi connectivity index (χ3n) is 6.85. The molecule has 0 radical (unpaired) electrons. The van der Waals surface area contributed by atoms with Crippen LogP contribution in [-0.4, -0.2) is 58.7 Å². The number of carboxylic acid groups (broad SMARTS) is 1. The summed E-state index contributed by atoms with van der Waals surface area (Å²) in [6.07, 6.45) is 0.000667. The monoisotopic (exact) mass is 581 g/mol. The number of Topliss-reactive ketones (excluding diaryl/α,β-unsaturated/α-hetero) is 1. The Balaban J connectivity index is 1.43. The van der Waals surface area contributed by atoms with Gasteiger partial charge in [-0.05, 0) is 29.2 Å². The highest BCUT2D eigenvalue weighted by Gasteiger charge is 2.32. The number of ketones is 1. The Morgan fingerprint density at radius 2 is 1.65 bits per heavy atom. The van der Waals surface area contributed by atoms with E-state index in [4.69, 9.17) is 23.2 Å². The van der Waals surface area contributed by atoms with Gasteiger partial charge >= 0.3 is 12.0 Å². The van der Waals surface area contributed by atoms with Crippen molar-refractivity contribution in [3.05, 3.63) is 105 Å². The zero-order valence-electron chi connectivity index (χ0n) is 21.9. The van der Waals surface area contributed by atoms with Crippen LogP contribution in [0.4, 0.5) is 4.79 Å². The van der Waals surface area contributed by atoms with Crippen LogP contribution in [0.1, 0.15) is 43.8 Å². The second-order valence-corrected chi connectivity index (χ2v) is 10.5. The normalized spacial score (nSPS) is 13.4. The molecule has 3 aromatic carbocycles. The Morgan fingerprint density at radius 1 is 1.02 bits per heavy atom. The number of nitrogens with zero attached hydrogens (tertiary/aromatic N) is 2. The topological polar surface area (TPSA) is 107 Å². The van der Waals surface area contributed by atoms with E-state index < -0.39 is 30.1 Å². The number of nitrogens with one attached hydrogen (secondary N) is 1. The van der Waals surface area contributed by atoms with E-state index in [9.17, 15) is 24.3 Å². The van der Waals surface area contributed by atoms with Crippen LogP contribution in [0.15, 0.2) is 66.7 Å². The Kier molecular flexibility index (Phi) is 9.45. The van der Waals surface area contributed by atoms with Gasteiger partial charge in [-0.25, -0.2) is 4.79 Å². The van der Waals surface area contributed by atoms with E-state index in [0.717, 1.165) is 11.1 Å². The molecule has 0 fully saturated rings. The highest BCUT2D eigenvalue weighted by atomic mass is 35.5. The van der Waals surface area contributed by atoms with E-state index in [0.29, 0.717) is 37.2 Å². The molecule has 1 aliphatic heterocycles. The van der Waals surface area contributed by atoms with Crippen LogP contribution in [0.2, 0.25) is 10.0 Å². The second kappa shape index (κ2) is 13.0. The minimum Gasteiger partial charge on any atom is -0.481 e. The number of amides is 3. The summed E-state index contributed by atoms with van der Waals surface area (Å²) in [5.41, 5.74) is 2.75. The van der Waals surface area contributed by atoms with E-state index >= 15 is 0 Å². The predicted octanol–water partition coefficient (Wildman–Crippen LogP) is 5.31. The van der Waals surface area contributed by atoms with Crippen LogP contribution < -0.4 is 5.32 Å². The van der Waals surface area contributed by atoms with Crippen LogP contribution in [0, 0.1) is 5.92 Å². The molecule has 0 unspecified atom stereocenters. The van der Waals surface area contributed by atoms with Gasteiger partial charge in [0.1, 0.15) is 0 Å². The molecule has 0 spiro atoms. The summed E-state index contributed by atoms with van der Waals surface area (Å²) in [7, 11) is 1.60. The first-order valence-corrected chi connectivity index (χ1v) is 13.5. The van der Waals surface area contributed by atoms with E-state index in [1.807, 2.05) is 60.7 Å². The van der Waals surface area contributed by atoms with Gasteiger partial charge in [0.25, 0.3) is 5.91 Å². The molecule has 1 aliphatic rings. The zero-order valence-corrected chi connectivity index (χ0v) is 23.4.